The number of likely N-dealkylation sites (tertiary alicyclic amines) is 1. The van der Waals surface area contributed by atoms with Crippen molar-refractivity contribution in [2.45, 2.75) is 12.5 Å². The summed E-state index contributed by atoms with van der Waals surface area (Å²) in [4.78, 5) is 29.7. The molecule has 2 atom stereocenters. The average Bonchev–Trinajstić information content (AvgIpc) is 3.46. The van der Waals surface area contributed by atoms with Crippen molar-refractivity contribution in [2.75, 3.05) is 26.2 Å². The quantitative estimate of drug-likeness (QED) is 0.404. The van der Waals surface area contributed by atoms with E-state index in [1.807, 2.05) is 36.5 Å². The fraction of sp³-hybridized carbons (Fsp3) is 0.241. The van der Waals surface area contributed by atoms with E-state index in [-0.39, 0.29) is 28.5 Å². The molecule has 0 spiro atoms. The Bertz CT molecular complexity index is 1310. The summed E-state index contributed by atoms with van der Waals surface area (Å²) >= 11 is 12.1. The molecule has 1 N–H and O–H groups in total. The second-order valence-corrected chi connectivity index (χ2v) is 10.3. The van der Waals surface area contributed by atoms with E-state index in [9.17, 15) is 14.0 Å². The molecule has 2 amide bonds. The molecule has 1 saturated heterocycles. The fourth-order valence-corrected chi connectivity index (χ4v) is 5.38. The number of nitrogens with one attached hydrogen (secondary N) is 1. The molecule has 2 heterocycles. The Labute approximate surface area is 225 Å². The van der Waals surface area contributed by atoms with Crippen LogP contribution < -0.4 is 5.32 Å². The highest BCUT2D eigenvalue weighted by atomic mass is 35.5. The van der Waals surface area contributed by atoms with Gasteiger partial charge in [-0.3, -0.25) is 14.5 Å². The number of carbonyl (C=O) groups excluding carboxylic acids is 2. The first-order chi connectivity index (χ1) is 17.9. The second kappa shape index (κ2) is 11.1. The lowest BCUT2D eigenvalue weighted by Crippen LogP contribution is -2.33. The molecule has 5 rings (SSSR count). The standard InChI is InChI=1S/C29H26Cl2FN3O2/c30-23-11-9-20(10-12-23)28(36)33-26(19-5-2-1-3-6-19)13-14-34-15-21-17-35(18-22(21)16-34)29(37)27-24(31)7-4-8-25(27)32/h1-12,17,22,26H,13-16,18H2,(H,33,36)/t22?,26-/m0/s1. The third kappa shape index (κ3) is 5.72. The topological polar surface area (TPSA) is 52.7 Å². The summed E-state index contributed by atoms with van der Waals surface area (Å²) in [5, 5.41) is 3.88. The maximum Gasteiger partial charge on any atom is 0.262 e. The van der Waals surface area contributed by atoms with Gasteiger partial charge in [0.25, 0.3) is 11.8 Å². The summed E-state index contributed by atoms with van der Waals surface area (Å²) < 4.78 is 14.2. The molecule has 3 aromatic rings. The molecule has 2 aliphatic rings. The van der Waals surface area contributed by atoms with Gasteiger partial charge in [-0.05, 0) is 54.0 Å². The van der Waals surface area contributed by atoms with Crippen molar-refractivity contribution in [1.29, 1.82) is 0 Å². The largest absolute Gasteiger partial charge is 0.345 e. The van der Waals surface area contributed by atoms with Crippen molar-refractivity contribution in [2.24, 2.45) is 5.92 Å². The van der Waals surface area contributed by atoms with Gasteiger partial charge in [0.05, 0.1) is 16.6 Å². The third-order valence-electron chi connectivity index (χ3n) is 6.93. The Hall–Kier alpha value is -3.19. The minimum atomic E-state index is -0.609. The van der Waals surface area contributed by atoms with Crippen molar-refractivity contribution in [3.8, 4) is 0 Å². The first-order valence-corrected chi connectivity index (χ1v) is 12.9. The lowest BCUT2D eigenvalue weighted by molar-refractivity contribution is 0.0816. The van der Waals surface area contributed by atoms with Crippen LogP contribution in [0.4, 0.5) is 4.39 Å². The zero-order valence-corrected chi connectivity index (χ0v) is 21.6. The van der Waals surface area contributed by atoms with E-state index in [0.717, 1.165) is 37.2 Å². The molecule has 1 unspecified atom stereocenters. The number of benzene rings is 3. The van der Waals surface area contributed by atoms with Gasteiger partial charge >= 0.3 is 0 Å². The maximum absolute atomic E-state index is 14.2. The lowest BCUT2D eigenvalue weighted by Gasteiger charge is -2.24. The number of fused-ring (bicyclic) bond motifs is 1. The van der Waals surface area contributed by atoms with Gasteiger partial charge in [-0.2, -0.15) is 0 Å². The Balaban J connectivity index is 1.22. The molecular formula is C29H26Cl2FN3O2. The Kier molecular flexibility index (Phi) is 7.60. The Morgan fingerprint density at radius 3 is 2.43 bits per heavy atom. The predicted octanol–water partition coefficient (Wildman–Crippen LogP) is 5.97. The van der Waals surface area contributed by atoms with Gasteiger partial charge in [-0.1, -0.05) is 59.6 Å². The fourth-order valence-electron chi connectivity index (χ4n) is 5.01. The van der Waals surface area contributed by atoms with Gasteiger partial charge in [0.1, 0.15) is 5.82 Å². The predicted molar refractivity (Wildman–Crippen MR) is 143 cm³/mol. The number of amides is 2. The molecule has 1 fully saturated rings. The van der Waals surface area contributed by atoms with Crippen molar-refractivity contribution in [3.63, 3.8) is 0 Å². The van der Waals surface area contributed by atoms with E-state index in [1.165, 1.54) is 18.2 Å². The molecule has 0 saturated carbocycles. The number of rotatable bonds is 7. The zero-order chi connectivity index (χ0) is 25.9. The van der Waals surface area contributed by atoms with Crippen LogP contribution in [0.2, 0.25) is 10.0 Å². The SMILES string of the molecule is O=C(N[C@@H](CCN1CC2=CN(C(=O)c3c(F)cccc3Cl)CC2C1)c1ccccc1)c1ccc(Cl)cc1. The molecule has 37 heavy (non-hydrogen) atoms. The highest BCUT2D eigenvalue weighted by Crippen LogP contribution is 2.32. The van der Waals surface area contributed by atoms with Gasteiger partial charge in [0.15, 0.2) is 0 Å². The summed E-state index contributed by atoms with van der Waals surface area (Å²) in [7, 11) is 0. The number of halogens is 3. The van der Waals surface area contributed by atoms with Gasteiger partial charge in [0, 0.05) is 48.9 Å². The lowest BCUT2D eigenvalue weighted by atomic mass is 10.0. The Morgan fingerprint density at radius 1 is 0.973 bits per heavy atom. The minimum Gasteiger partial charge on any atom is -0.345 e. The number of hydrogen-bond acceptors (Lipinski definition) is 3. The van der Waals surface area contributed by atoms with E-state index in [2.05, 4.69) is 10.2 Å². The monoisotopic (exact) mass is 537 g/mol. The highest BCUT2D eigenvalue weighted by Gasteiger charge is 2.36. The third-order valence-corrected chi connectivity index (χ3v) is 7.50. The molecule has 0 radical (unpaired) electrons. The summed E-state index contributed by atoms with van der Waals surface area (Å²) in [5.74, 6) is -0.964. The van der Waals surface area contributed by atoms with Crippen molar-refractivity contribution < 1.29 is 14.0 Å². The van der Waals surface area contributed by atoms with Gasteiger partial charge in [0.2, 0.25) is 0 Å². The summed E-state index contributed by atoms with van der Waals surface area (Å²) in [6.45, 7) is 2.81. The van der Waals surface area contributed by atoms with Crippen LogP contribution in [0.5, 0.6) is 0 Å². The highest BCUT2D eigenvalue weighted by molar-refractivity contribution is 6.33. The molecule has 2 aliphatic heterocycles. The van der Waals surface area contributed by atoms with Crippen molar-refractivity contribution in [1.82, 2.24) is 15.1 Å². The van der Waals surface area contributed by atoms with Crippen LogP contribution in [0.3, 0.4) is 0 Å². The average molecular weight is 538 g/mol. The minimum absolute atomic E-state index is 0.0834. The van der Waals surface area contributed by atoms with E-state index in [0.29, 0.717) is 17.1 Å². The number of nitrogens with zero attached hydrogens (tertiary/aromatic N) is 2. The molecule has 0 bridgehead atoms. The molecule has 5 nitrogen and oxygen atoms in total. The summed E-state index contributed by atoms with van der Waals surface area (Å²) in [6.07, 6.45) is 2.57. The number of hydrogen-bond donors (Lipinski definition) is 1. The molecule has 3 aromatic carbocycles. The normalized spacial score (nSPS) is 17.9. The molecule has 190 valence electrons. The molecule has 0 aromatic heterocycles. The van der Waals surface area contributed by atoms with E-state index >= 15 is 0 Å². The van der Waals surface area contributed by atoms with Crippen LogP contribution in [0.15, 0.2) is 84.6 Å². The van der Waals surface area contributed by atoms with Crippen molar-refractivity contribution in [3.05, 3.63) is 117 Å². The van der Waals surface area contributed by atoms with Crippen LogP contribution in [0.25, 0.3) is 0 Å². The first-order valence-electron chi connectivity index (χ1n) is 12.2. The van der Waals surface area contributed by atoms with Crippen LogP contribution >= 0.6 is 23.2 Å². The van der Waals surface area contributed by atoms with E-state index < -0.39 is 11.7 Å². The van der Waals surface area contributed by atoms with E-state index in [4.69, 9.17) is 23.2 Å². The van der Waals surface area contributed by atoms with Crippen LogP contribution in [-0.4, -0.2) is 47.8 Å². The van der Waals surface area contributed by atoms with Crippen LogP contribution in [-0.2, 0) is 0 Å². The van der Waals surface area contributed by atoms with Crippen molar-refractivity contribution >= 4 is 35.0 Å². The number of carbonyl (C=O) groups is 2. The van der Waals surface area contributed by atoms with Crippen LogP contribution in [0.1, 0.15) is 38.7 Å². The van der Waals surface area contributed by atoms with Gasteiger partial charge in [-0.15, -0.1) is 0 Å². The zero-order valence-electron chi connectivity index (χ0n) is 20.0. The first kappa shape index (κ1) is 25.5. The second-order valence-electron chi connectivity index (χ2n) is 9.42. The molecule has 0 aliphatic carbocycles. The molecular weight excluding hydrogens is 512 g/mol. The molecule has 8 heteroatoms. The van der Waals surface area contributed by atoms with Crippen LogP contribution in [0, 0.1) is 11.7 Å². The van der Waals surface area contributed by atoms with Gasteiger partial charge < -0.3 is 10.2 Å². The Morgan fingerprint density at radius 2 is 1.73 bits per heavy atom. The van der Waals surface area contributed by atoms with Gasteiger partial charge in [-0.25, -0.2) is 4.39 Å². The summed E-state index contributed by atoms with van der Waals surface area (Å²) in [5.41, 5.74) is 2.68. The van der Waals surface area contributed by atoms with E-state index in [1.54, 1.807) is 29.2 Å². The maximum atomic E-state index is 14.2. The summed E-state index contributed by atoms with van der Waals surface area (Å²) in [6, 6.07) is 20.9. The smallest absolute Gasteiger partial charge is 0.262 e.